The van der Waals surface area contributed by atoms with Crippen LogP contribution in [0, 0.1) is 0 Å². The SMILES string of the molecule is CCc1cccc(CC)c1NC(=O)CSc1nc2ccc(NC(=O)c3ccccc3)cc2s1. The Morgan fingerprint density at radius 2 is 1.64 bits per heavy atom. The van der Waals surface area contributed by atoms with Gasteiger partial charge in [0.1, 0.15) is 0 Å². The molecular weight excluding hydrogens is 450 g/mol. The van der Waals surface area contributed by atoms with Crippen LogP contribution >= 0.6 is 23.1 Å². The third-order valence-corrected chi connectivity index (χ3v) is 7.41. The number of aryl methyl sites for hydroxylation is 2. The highest BCUT2D eigenvalue weighted by Crippen LogP contribution is 2.32. The highest BCUT2D eigenvalue weighted by atomic mass is 32.2. The summed E-state index contributed by atoms with van der Waals surface area (Å²) in [5.74, 6) is 0.105. The normalized spacial score (nSPS) is 10.8. The maximum absolute atomic E-state index is 12.6. The number of para-hydroxylation sites is 1. The molecule has 0 aliphatic heterocycles. The van der Waals surface area contributed by atoms with Crippen molar-refractivity contribution in [3.63, 3.8) is 0 Å². The van der Waals surface area contributed by atoms with Gasteiger partial charge in [-0.05, 0) is 54.3 Å². The second-order valence-corrected chi connectivity index (χ2v) is 9.73. The van der Waals surface area contributed by atoms with Gasteiger partial charge in [-0.25, -0.2) is 4.98 Å². The van der Waals surface area contributed by atoms with Gasteiger partial charge < -0.3 is 10.6 Å². The molecule has 1 heterocycles. The highest BCUT2D eigenvalue weighted by molar-refractivity contribution is 8.01. The number of nitrogens with zero attached hydrogens (tertiary/aromatic N) is 1. The molecule has 168 valence electrons. The van der Waals surface area contributed by atoms with E-state index in [2.05, 4.69) is 41.6 Å². The Kier molecular flexibility index (Phi) is 7.42. The Morgan fingerprint density at radius 3 is 2.33 bits per heavy atom. The minimum Gasteiger partial charge on any atom is -0.325 e. The lowest BCUT2D eigenvalue weighted by Gasteiger charge is -2.14. The van der Waals surface area contributed by atoms with Crippen molar-refractivity contribution in [1.82, 2.24) is 4.98 Å². The fraction of sp³-hybridized carbons (Fsp3) is 0.192. The second kappa shape index (κ2) is 10.6. The summed E-state index contributed by atoms with van der Waals surface area (Å²) in [7, 11) is 0. The summed E-state index contributed by atoms with van der Waals surface area (Å²) >= 11 is 2.94. The van der Waals surface area contributed by atoms with Gasteiger partial charge in [0.05, 0.1) is 16.0 Å². The van der Waals surface area contributed by atoms with E-state index in [1.54, 1.807) is 12.1 Å². The van der Waals surface area contributed by atoms with Crippen LogP contribution in [0.5, 0.6) is 0 Å². The fourth-order valence-electron chi connectivity index (χ4n) is 3.54. The minimum atomic E-state index is -0.149. The Bertz CT molecular complexity index is 1260. The average molecular weight is 476 g/mol. The van der Waals surface area contributed by atoms with Crippen molar-refractivity contribution in [2.45, 2.75) is 31.0 Å². The number of benzene rings is 3. The Hall–Kier alpha value is -3.16. The molecule has 0 fully saturated rings. The van der Waals surface area contributed by atoms with Crippen LogP contribution in [0.2, 0.25) is 0 Å². The Labute approximate surface area is 201 Å². The predicted octanol–water partition coefficient (Wildman–Crippen LogP) is 6.40. The van der Waals surface area contributed by atoms with Crippen molar-refractivity contribution < 1.29 is 9.59 Å². The molecule has 7 heteroatoms. The number of aromatic nitrogens is 1. The van der Waals surface area contributed by atoms with E-state index in [4.69, 9.17) is 0 Å². The van der Waals surface area contributed by atoms with Gasteiger partial charge >= 0.3 is 0 Å². The highest BCUT2D eigenvalue weighted by Gasteiger charge is 2.13. The number of amides is 2. The molecule has 0 unspecified atom stereocenters. The Balaban J connectivity index is 1.40. The molecule has 0 bridgehead atoms. The zero-order valence-electron chi connectivity index (χ0n) is 18.6. The Morgan fingerprint density at radius 1 is 0.909 bits per heavy atom. The van der Waals surface area contributed by atoms with Crippen LogP contribution in [0.1, 0.15) is 35.3 Å². The minimum absolute atomic E-state index is 0.0364. The van der Waals surface area contributed by atoms with Crippen LogP contribution in [-0.2, 0) is 17.6 Å². The molecule has 4 rings (SSSR count). The molecule has 2 amide bonds. The van der Waals surface area contributed by atoms with Crippen LogP contribution in [0.25, 0.3) is 10.2 Å². The first-order chi connectivity index (χ1) is 16.1. The maximum atomic E-state index is 12.6. The fourth-order valence-corrected chi connectivity index (χ4v) is 5.45. The van der Waals surface area contributed by atoms with E-state index in [1.807, 2.05) is 42.5 Å². The lowest BCUT2D eigenvalue weighted by Crippen LogP contribution is -2.16. The molecule has 1 aromatic heterocycles. The number of nitrogens with one attached hydrogen (secondary N) is 2. The van der Waals surface area contributed by atoms with Gasteiger partial charge in [0.15, 0.2) is 4.34 Å². The van der Waals surface area contributed by atoms with Crippen molar-refractivity contribution in [3.8, 4) is 0 Å². The topological polar surface area (TPSA) is 71.1 Å². The molecule has 0 aliphatic carbocycles. The van der Waals surface area contributed by atoms with Crippen LogP contribution in [-0.4, -0.2) is 22.6 Å². The molecule has 33 heavy (non-hydrogen) atoms. The van der Waals surface area contributed by atoms with Crippen LogP contribution in [0.3, 0.4) is 0 Å². The number of thioether (sulfide) groups is 1. The average Bonchev–Trinajstić information content (AvgIpc) is 3.25. The van der Waals surface area contributed by atoms with Crippen LogP contribution < -0.4 is 10.6 Å². The van der Waals surface area contributed by atoms with Gasteiger partial charge in [-0.1, -0.05) is 62.0 Å². The standard InChI is InChI=1S/C26H25N3O2S2/c1-3-17-11-8-12-18(4-2)24(17)29-23(30)16-32-26-28-21-14-13-20(15-22(21)33-26)27-25(31)19-9-6-5-7-10-19/h5-15H,3-4,16H2,1-2H3,(H,27,31)(H,29,30). The molecule has 0 saturated carbocycles. The number of thiazole rings is 1. The van der Waals surface area contributed by atoms with Gasteiger partial charge in [0, 0.05) is 16.9 Å². The summed E-state index contributed by atoms with van der Waals surface area (Å²) in [6.07, 6.45) is 1.75. The van der Waals surface area contributed by atoms with Crippen molar-refractivity contribution in [2.24, 2.45) is 0 Å². The smallest absolute Gasteiger partial charge is 0.255 e. The molecule has 5 nitrogen and oxygen atoms in total. The van der Waals surface area contributed by atoms with Gasteiger partial charge in [0.25, 0.3) is 5.91 Å². The van der Waals surface area contributed by atoms with Crippen LogP contribution in [0.4, 0.5) is 11.4 Å². The first kappa shape index (κ1) is 23.0. The van der Waals surface area contributed by atoms with E-state index >= 15 is 0 Å². The number of carbonyl (C=O) groups is 2. The molecule has 0 radical (unpaired) electrons. The van der Waals surface area contributed by atoms with E-state index in [1.165, 1.54) is 23.1 Å². The first-order valence-electron chi connectivity index (χ1n) is 10.9. The van der Waals surface area contributed by atoms with E-state index < -0.39 is 0 Å². The molecule has 3 aromatic carbocycles. The third-order valence-electron chi connectivity index (χ3n) is 5.25. The van der Waals surface area contributed by atoms with Crippen molar-refractivity contribution >= 4 is 56.5 Å². The van der Waals surface area contributed by atoms with Crippen molar-refractivity contribution in [3.05, 3.63) is 83.4 Å². The lowest BCUT2D eigenvalue weighted by molar-refractivity contribution is -0.113. The van der Waals surface area contributed by atoms with E-state index in [0.29, 0.717) is 11.3 Å². The summed E-state index contributed by atoms with van der Waals surface area (Å²) in [6, 6.07) is 20.9. The largest absolute Gasteiger partial charge is 0.325 e. The van der Waals surface area contributed by atoms with Crippen molar-refractivity contribution in [1.29, 1.82) is 0 Å². The number of carbonyl (C=O) groups excluding carboxylic acids is 2. The molecular formula is C26H25N3O2S2. The number of hydrogen-bond donors (Lipinski definition) is 2. The molecule has 0 saturated heterocycles. The predicted molar refractivity (Wildman–Crippen MR) is 139 cm³/mol. The lowest BCUT2D eigenvalue weighted by atomic mass is 10.0. The van der Waals surface area contributed by atoms with Gasteiger partial charge in [-0.3, -0.25) is 9.59 Å². The van der Waals surface area contributed by atoms with Gasteiger partial charge in [-0.2, -0.15) is 0 Å². The third kappa shape index (κ3) is 5.61. The number of rotatable bonds is 8. The summed E-state index contributed by atoms with van der Waals surface area (Å²) in [5, 5.41) is 6.03. The summed E-state index contributed by atoms with van der Waals surface area (Å²) in [5.41, 5.74) is 5.43. The summed E-state index contributed by atoms with van der Waals surface area (Å²) in [4.78, 5) is 29.7. The summed E-state index contributed by atoms with van der Waals surface area (Å²) in [6.45, 7) is 4.19. The van der Waals surface area contributed by atoms with E-state index in [-0.39, 0.29) is 11.8 Å². The molecule has 0 atom stereocenters. The zero-order chi connectivity index (χ0) is 23.2. The molecule has 4 aromatic rings. The van der Waals surface area contributed by atoms with Crippen molar-refractivity contribution in [2.75, 3.05) is 16.4 Å². The van der Waals surface area contributed by atoms with Crippen LogP contribution in [0.15, 0.2) is 71.1 Å². The summed E-state index contributed by atoms with van der Waals surface area (Å²) < 4.78 is 1.79. The van der Waals surface area contributed by atoms with Gasteiger partial charge in [-0.15, -0.1) is 11.3 Å². The number of anilines is 2. The first-order valence-corrected chi connectivity index (χ1v) is 12.7. The number of fused-ring (bicyclic) bond motifs is 1. The van der Waals surface area contributed by atoms with E-state index in [9.17, 15) is 9.59 Å². The number of hydrogen-bond acceptors (Lipinski definition) is 5. The maximum Gasteiger partial charge on any atom is 0.255 e. The monoisotopic (exact) mass is 475 g/mol. The quantitative estimate of drug-likeness (QED) is 0.289. The van der Waals surface area contributed by atoms with E-state index in [0.717, 1.165) is 49.9 Å². The second-order valence-electron chi connectivity index (χ2n) is 7.48. The zero-order valence-corrected chi connectivity index (χ0v) is 20.2. The van der Waals surface area contributed by atoms with Gasteiger partial charge in [0.2, 0.25) is 5.91 Å². The molecule has 0 aliphatic rings. The molecule has 0 spiro atoms. The molecule has 2 N–H and O–H groups in total.